The molecule has 0 heterocycles. The van der Waals surface area contributed by atoms with Gasteiger partial charge in [0.05, 0.1) is 0 Å². The minimum absolute atomic E-state index is 0.259. The van der Waals surface area contributed by atoms with Crippen LogP contribution in [0.2, 0.25) is 0 Å². The zero-order chi connectivity index (χ0) is 5.54. The average Bonchev–Trinajstić information content (AvgIpc) is 1.69. The Morgan fingerprint density at radius 2 is 2.29 bits per heavy atom. The molecule has 0 amide bonds. The first kappa shape index (κ1) is 6.52. The van der Waals surface area contributed by atoms with Crippen LogP contribution in [0.25, 0.3) is 0 Å². The summed E-state index contributed by atoms with van der Waals surface area (Å²) >= 11 is 0. The first-order valence-corrected chi connectivity index (χ1v) is 2.42. The van der Waals surface area contributed by atoms with E-state index in [-0.39, 0.29) is 6.61 Å². The van der Waals surface area contributed by atoms with Crippen LogP contribution < -0.4 is 0 Å². The minimum atomic E-state index is 0.259. The fourth-order valence-corrected chi connectivity index (χ4v) is 0.292. The fourth-order valence-electron chi connectivity index (χ4n) is 0.292. The van der Waals surface area contributed by atoms with Crippen molar-refractivity contribution in [2.45, 2.75) is 19.8 Å². The Labute approximate surface area is 44.4 Å². The third kappa shape index (κ3) is 5.52. The second-order valence-electron chi connectivity index (χ2n) is 1.25. The standard InChI is InChI=1S/C6H10O/c1-2-3-4-5-6-7/h7H,4-6H2,1H3. The quantitative estimate of drug-likeness (QED) is 0.400. The molecule has 0 aromatic heterocycles. The SMILES string of the molecule is CC#CCCCO. The average molecular weight is 98.1 g/mol. The molecule has 0 atom stereocenters. The molecule has 0 spiro atoms. The summed E-state index contributed by atoms with van der Waals surface area (Å²) in [4.78, 5) is 0. The molecule has 0 aliphatic carbocycles. The van der Waals surface area contributed by atoms with Crippen molar-refractivity contribution in [2.75, 3.05) is 6.61 Å². The number of hydrogen-bond acceptors (Lipinski definition) is 1. The molecular formula is C6H10O. The Hall–Kier alpha value is -0.480. The largest absolute Gasteiger partial charge is 0.396 e. The molecule has 0 unspecified atom stereocenters. The van der Waals surface area contributed by atoms with Crippen LogP contribution >= 0.6 is 0 Å². The topological polar surface area (TPSA) is 20.2 Å². The Bertz CT molecular complexity index is 75.9. The lowest BCUT2D eigenvalue weighted by molar-refractivity contribution is 0.290. The van der Waals surface area contributed by atoms with Gasteiger partial charge in [0, 0.05) is 13.0 Å². The van der Waals surface area contributed by atoms with E-state index in [4.69, 9.17) is 5.11 Å². The zero-order valence-electron chi connectivity index (χ0n) is 4.57. The monoisotopic (exact) mass is 98.1 g/mol. The van der Waals surface area contributed by atoms with E-state index in [1.807, 2.05) is 0 Å². The Kier molecular flexibility index (Phi) is 5.14. The summed E-state index contributed by atoms with van der Waals surface area (Å²) in [5.74, 6) is 5.58. The minimum Gasteiger partial charge on any atom is -0.396 e. The number of aliphatic hydroxyl groups excluding tert-OH is 1. The molecule has 0 saturated carbocycles. The van der Waals surface area contributed by atoms with E-state index in [1.165, 1.54) is 0 Å². The highest BCUT2D eigenvalue weighted by Gasteiger charge is 1.73. The summed E-state index contributed by atoms with van der Waals surface area (Å²) < 4.78 is 0. The predicted octanol–water partition coefficient (Wildman–Crippen LogP) is 0.782. The van der Waals surface area contributed by atoms with Crippen molar-refractivity contribution in [3.8, 4) is 11.8 Å². The van der Waals surface area contributed by atoms with Crippen molar-refractivity contribution >= 4 is 0 Å². The van der Waals surface area contributed by atoms with Gasteiger partial charge in [0.15, 0.2) is 0 Å². The number of hydrogen-bond donors (Lipinski definition) is 1. The van der Waals surface area contributed by atoms with E-state index < -0.39 is 0 Å². The molecule has 40 valence electrons. The van der Waals surface area contributed by atoms with E-state index in [2.05, 4.69) is 11.8 Å². The molecule has 0 aromatic carbocycles. The second kappa shape index (κ2) is 5.52. The summed E-state index contributed by atoms with van der Waals surface area (Å²) in [6.45, 7) is 2.06. The molecule has 7 heavy (non-hydrogen) atoms. The van der Waals surface area contributed by atoms with Gasteiger partial charge in [-0.25, -0.2) is 0 Å². The van der Waals surface area contributed by atoms with Crippen molar-refractivity contribution in [3.63, 3.8) is 0 Å². The first-order chi connectivity index (χ1) is 3.41. The van der Waals surface area contributed by atoms with Crippen molar-refractivity contribution in [1.29, 1.82) is 0 Å². The molecule has 1 N–H and O–H groups in total. The summed E-state index contributed by atoms with van der Waals surface area (Å²) in [6, 6.07) is 0. The highest BCUT2D eigenvalue weighted by molar-refractivity contribution is 4.94. The molecular weight excluding hydrogens is 88.1 g/mol. The summed E-state index contributed by atoms with van der Waals surface area (Å²) in [5, 5.41) is 8.23. The Balaban J connectivity index is 2.78. The number of rotatable bonds is 2. The van der Waals surface area contributed by atoms with Crippen molar-refractivity contribution in [2.24, 2.45) is 0 Å². The van der Waals surface area contributed by atoms with Gasteiger partial charge in [-0.1, -0.05) is 0 Å². The van der Waals surface area contributed by atoms with Crippen LogP contribution in [-0.4, -0.2) is 11.7 Å². The van der Waals surface area contributed by atoms with Gasteiger partial charge < -0.3 is 5.11 Å². The Morgan fingerprint density at radius 1 is 1.57 bits per heavy atom. The highest BCUT2D eigenvalue weighted by Crippen LogP contribution is 1.80. The lowest BCUT2D eigenvalue weighted by Crippen LogP contribution is -1.77. The van der Waals surface area contributed by atoms with Gasteiger partial charge in [0.25, 0.3) is 0 Å². The molecule has 0 saturated heterocycles. The van der Waals surface area contributed by atoms with Crippen molar-refractivity contribution in [3.05, 3.63) is 0 Å². The van der Waals surface area contributed by atoms with E-state index in [0.29, 0.717) is 0 Å². The molecule has 0 aliphatic heterocycles. The molecule has 1 nitrogen and oxygen atoms in total. The maximum Gasteiger partial charge on any atom is 0.0440 e. The van der Waals surface area contributed by atoms with E-state index >= 15 is 0 Å². The van der Waals surface area contributed by atoms with Crippen LogP contribution in [0.4, 0.5) is 0 Å². The molecule has 0 aliphatic rings. The predicted molar refractivity (Wildman–Crippen MR) is 29.8 cm³/mol. The fraction of sp³-hybridized carbons (Fsp3) is 0.667. The van der Waals surface area contributed by atoms with Crippen LogP contribution in [-0.2, 0) is 0 Å². The van der Waals surface area contributed by atoms with E-state index in [0.717, 1.165) is 12.8 Å². The van der Waals surface area contributed by atoms with Crippen molar-refractivity contribution < 1.29 is 5.11 Å². The van der Waals surface area contributed by atoms with Gasteiger partial charge in [-0.05, 0) is 13.3 Å². The van der Waals surface area contributed by atoms with Crippen LogP contribution in [0.15, 0.2) is 0 Å². The van der Waals surface area contributed by atoms with Gasteiger partial charge in [0.2, 0.25) is 0 Å². The van der Waals surface area contributed by atoms with Crippen molar-refractivity contribution in [1.82, 2.24) is 0 Å². The number of aliphatic hydroxyl groups is 1. The molecule has 0 radical (unpaired) electrons. The Morgan fingerprint density at radius 3 is 2.71 bits per heavy atom. The summed E-state index contributed by atoms with van der Waals surface area (Å²) in [6.07, 6.45) is 1.63. The smallest absolute Gasteiger partial charge is 0.0440 e. The van der Waals surface area contributed by atoms with Gasteiger partial charge in [-0.2, -0.15) is 0 Å². The lowest BCUT2D eigenvalue weighted by Gasteiger charge is -1.80. The van der Waals surface area contributed by atoms with E-state index in [9.17, 15) is 0 Å². The van der Waals surface area contributed by atoms with Crippen LogP contribution in [0.1, 0.15) is 19.8 Å². The van der Waals surface area contributed by atoms with Crippen LogP contribution in [0, 0.1) is 11.8 Å². The zero-order valence-corrected chi connectivity index (χ0v) is 4.57. The first-order valence-electron chi connectivity index (χ1n) is 2.42. The normalized spacial score (nSPS) is 7.14. The number of unbranched alkanes of at least 4 members (excludes halogenated alkanes) is 1. The lowest BCUT2D eigenvalue weighted by atomic mass is 10.3. The van der Waals surface area contributed by atoms with Crippen LogP contribution in [0.3, 0.4) is 0 Å². The third-order valence-electron chi connectivity index (χ3n) is 0.637. The molecule has 0 rings (SSSR count). The molecule has 0 fully saturated rings. The van der Waals surface area contributed by atoms with Crippen LogP contribution in [0.5, 0.6) is 0 Å². The molecule has 0 aromatic rings. The summed E-state index contributed by atoms with van der Waals surface area (Å²) in [7, 11) is 0. The molecule has 0 bridgehead atoms. The van der Waals surface area contributed by atoms with Gasteiger partial charge >= 0.3 is 0 Å². The van der Waals surface area contributed by atoms with Gasteiger partial charge in [-0.3, -0.25) is 0 Å². The van der Waals surface area contributed by atoms with E-state index in [1.54, 1.807) is 6.92 Å². The summed E-state index contributed by atoms with van der Waals surface area (Å²) in [5.41, 5.74) is 0. The highest BCUT2D eigenvalue weighted by atomic mass is 16.2. The molecule has 1 heteroatoms. The van der Waals surface area contributed by atoms with Gasteiger partial charge in [-0.15, -0.1) is 11.8 Å². The maximum atomic E-state index is 8.23. The van der Waals surface area contributed by atoms with Gasteiger partial charge in [0.1, 0.15) is 0 Å². The maximum absolute atomic E-state index is 8.23. The third-order valence-corrected chi connectivity index (χ3v) is 0.637. The second-order valence-corrected chi connectivity index (χ2v) is 1.25.